The van der Waals surface area contributed by atoms with Crippen molar-refractivity contribution in [2.45, 2.75) is 13.3 Å². The van der Waals surface area contributed by atoms with Gasteiger partial charge in [-0.05, 0) is 18.6 Å². The molecule has 6 nitrogen and oxygen atoms in total. The number of anilines is 1. The molecule has 19 heavy (non-hydrogen) atoms. The number of aryl methyl sites for hydroxylation is 1. The Balaban J connectivity index is 2.36. The Morgan fingerprint density at radius 3 is 2.74 bits per heavy atom. The first kappa shape index (κ1) is 11.5. The van der Waals surface area contributed by atoms with Crippen LogP contribution in [-0.4, -0.2) is 21.9 Å². The lowest BCUT2D eigenvalue weighted by molar-refractivity contribution is 0.0983. The summed E-state index contributed by atoms with van der Waals surface area (Å²) in [4.78, 5) is 24.0. The fourth-order valence-corrected chi connectivity index (χ4v) is 2.52. The molecule has 2 aromatic rings. The third-order valence-electron chi connectivity index (χ3n) is 3.39. The largest absolute Gasteiger partial charge is 0.398 e. The molecular weight excluding hydrogens is 244 g/mol. The van der Waals surface area contributed by atoms with Crippen LogP contribution in [0.5, 0.6) is 0 Å². The fourth-order valence-electron chi connectivity index (χ4n) is 2.52. The lowest BCUT2D eigenvalue weighted by Gasteiger charge is -2.07. The molecule has 1 aliphatic carbocycles. The molecule has 0 saturated carbocycles. The number of H-pyrrole nitrogens is 1. The average Bonchev–Trinajstić information content (AvgIpc) is 2.90. The number of primary amides is 1. The van der Waals surface area contributed by atoms with E-state index >= 15 is 0 Å². The summed E-state index contributed by atoms with van der Waals surface area (Å²) in [5, 5.41) is 6.99. The van der Waals surface area contributed by atoms with Gasteiger partial charge in [0.1, 0.15) is 5.69 Å². The van der Waals surface area contributed by atoms with Crippen LogP contribution in [0.2, 0.25) is 0 Å². The van der Waals surface area contributed by atoms with Crippen molar-refractivity contribution in [2.75, 3.05) is 5.73 Å². The van der Waals surface area contributed by atoms with Crippen LogP contribution in [0.1, 0.15) is 38.9 Å². The molecule has 1 aromatic heterocycles. The van der Waals surface area contributed by atoms with E-state index in [1.54, 1.807) is 12.1 Å². The number of carbonyl (C=O) groups excluding carboxylic acids is 2. The topological polar surface area (TPSA) is 115 Å². The van der Waals surface area contributed by atoms with Gasteiger partial charge in [-0.3, -0.25) is 14.7 Å². The van der Waals surface area contributed by atoms with Gasteiger partial charge in [-0.15, -0.1) is 0 Å². The van der Waals surface area contributed by atoms with E-state index in [1.807, 2.05) is 6.92 Å². The van der Waals surface area contributed by atoms with Gasteiger partial charge < -0.3 is 11.5 Å². The lowest BCUT2D eigenvalue weighted by atomic mass is 9.99. The number of aromatic amines is 1. The number of nitrogens with two attached hydrogens (primary N) is 2. The Morgan fingerprint density at radius 1 is 1.37 bits per heavy atom. The van der Waals surface area contributed by atoms with Gasteiger partial charge >= 0.3 is 0 Å². The maximum absolute atomic E-state index is 12.5. The van der Waals surface area contributed by atoms with Crippen molar-refractivity contribution in [3.8, 4) is 11.3 Å². The van der Waals surface area contributed by atoms with E-state index in [1.165, 1.54) is 0 Å². The highest BCUT2D eigenvalue weighted by molar-refractivity contribution is 6.26. The molecule has 1 amide bonds. The molecule has 3 rings (SSSR count). The summed E-state index contributed by atoms with van der Waals surface area (Å²) in [7, 11) is 0. The Bertz CT molecular complexity index is 730. The third kappa shape index (κ3) is 1.33. The highest BCUT2D eigenvalue weighted by Gasteiger charge is 2.35. The summed E-state index contributed by atoms with van der Waals surface area (Å²) < 4.78 is 0. The normalized spacial score (nSPS) is 12.4. The number of nitrogens with zero attached hydrogens (tertiary/aromatic N) is 1. The number of amides is 1. The van der Waals surface area contributed by atoms with Crippen molar-refractivity contribution < 1.29 is 9.59 Å². The number of benzene rings is 1. The second-order valence-corrected chi connectivity index (χ2v) is 4.43. The number of rotatable bonds is 2. The molecule has 6 heteroatoms. The zero-order valence-corrected chi connectivity index (χ0v) is 10.3. The van der Waals surface area contributed by atoms with Crippen molar-refractivity contribution in [2.24, 2.45) is 5.73 Å². The first-order valence-electron chi connectivity index (χ1n) is 5.90. The monoisotopic (exact) mass is 256 g/mol. The molecule has 0 unspecified atom stereocenters. The van der Waals surface area contributed by atoms with Crippen LogP contribution in [-0.2, 0) is 6.42 Å². The van der Waals surface area contributed by atoms with Crippen molar-refractivity contribution in [3.63, 3.8) is 0 Å². The van der Waals surface area contributed by atoms with Gasteiger partial charge in [-0.2, -0.15) is 5.10 Å². The summed E-state index contributed by atoms with van der Waals surface area (Å²) >= 11 is 0. The first-order chi connectivity index (χ1) is 9.06. The maximum atomic E-state index is 12.5. The van der Waals surface area contributed by atoms with E-state index in [0.717, 1.165) is 5.69 Å². The molecule has 0 saturated heterocycles. The number of nitrogen functional groups attached to an aromatic ring is 1. The number of carbonyl (C=O) groups is 2. The molecule has 1 aromatic carbocycles. The summed E-state index contributed by atoms with van der Waals surface area (Å²) in [5.74, 6) is -0.938. The molecule has 96 valence electrons. The number of aromatic nitrogens is 2. The highest BCUT2D eigenvalue weighted by Crippen LogP contribution is 2.40. The summed E-state index contributed by atoms with van der Waals surface area (Å²) in [5.41, 5.74) is 14.1. The van der Waals surface area contributed by atoms with E-state index in [-0.39, 0.29) is 22.6 Å². The molecule has 0 atom stereocenters. The molecule has 1 aliphatic rings. The zero-order valence-electron chi connectivity index (χ0n) is 10.3. The van der Waals surface area contributed by atoms with Crippen LogP contribution in [0, 0.1) is 0 Å². The molecule has 0 bridgehead atoms. The zero-order chi connectivity index (χ0) is 13.7. The summed E-state index contributed by atoms with van der Waals surface area (Å²) in [6.45, 7) is 1.92. The summed E-state index contributed by atoms with van der Waals surface area (Å²) in [6, 6.07) is 3.27. The number of ketones is 1. The molecule has 5 N–H and O–H groups in total. The second kappa shape index (κ2) is 3.68. The van der Waals surface area contributed by atoms with E-state index < -0.39 is 5.91 Å². The van der Waals surface area contributed by atoms with Crippen molar-refractivity contribution in [1.82, 2.24) is 10.2 Å². The standard InChI is InChI=1S/C13H12N4O2/c1-2-7-10-11(17-16-7)5-3-4-6(14)9(13(15)19)8(5)12(10)18/h3-4H,2,14H2,1H3,(H2,15,19)(H,16,17). The molecule has 0 spiro atoms. The molecular formula is C13H12N4O2. The lowest BCUT2D eigenvalue weighted by Crippen LogP contribution is -2.18. The van der Waals surface area contributed by atoms with Gasteiger partial charge in [0.05, 0.1) is 11.1 Å². The average molecular weight is 256 g/mol. The van der Waals surface area contributed by atoms with Gasteiger partial charge in [-0.25, -0.2) is 0 Å². The van der Waals surface area contributed by atoms with Crippen LogP contribution in [0.3, 0.4) is 0 Å². The van der Waals surface area contributed by atoms with Crippen molar-refractivity contribution in [3.05, 3.63) is 34.5 Å². The van der Waals surface area contributed by atoms with Gasteiger partial charge in [0.15, 0.2) is 5.78 Å². The number of hydrogen-bond donors (Lipinski definition) is 3. The Morgan fingerprint density at radius 2 is 2.11 bits per heavy atom. The van der Waals surface area contributed by atoms with Crippen LogP contribution in [0.15, 0.2) is 12.1 Å². The SMILES string of the molecule is CCc1[nH]nc2c1C(=O)c1c-2ccc(N)c1C(N)=O. The number of nitrogens with one attached hydrogen (secondary N) is 1. The Kier molecular flexibility index (Phi) is 2.22. The van der Waals surface area contributed by atoms with Crippen LogP contribution in [0.4, 0.5) is 5.69 Å². The number of hydrogen-bond acceptors (Lipinski definition) is 4. The summed E-state index contributed by atoms with van der Waals surface area (Å²) in [6.07, 6.45) is 0.656. The molecule has 0 fully saturated rings. The minimum atomic E-state index is -0.699. The Hall–Kier alpha value is -2.63. The number of fused-ring (bicyclic) bond motifs is 3. The molecule has 0 aliphatic heterocycles. The quantitative estimate of drug-likeness (QED) is 0.590. The van der Waals surface area contributed by atoms with Gasteiger partial charge in [0.2, 0.25) is 0 Å². The van der Waals surface area contributed by atoms with E-state index in [0.29, 0.717) is 23.2 Å². The van der Waals surface area contributed by atoms with Crippen molar-refractivity contribution in [1.29, 1.82) is 0 Å². The molecule has 1 heterocycles. The maximum Gasteiger partial charge on any atom is 0.251 e. The minimum Gasteiger partial charge on any atom is -0.398 e. The van der Waals surface area contributed by atoms with E-state index in [4.69, 9.17) is 11.5 Å². The third-order valence-corrected chi connectivity index (χ3v) is 3.39. The molecule has 0 radical (unpaired) electrons. The first-order valence-corrected chi connectivity index (χ1v) is 5.90. The van der Waals surface area contributed by atoms with E-state index in [9.17, 15) is 9.59 Å². The Labute approximate surface area is 108 Å². The van der Waals surface area contributed by atoms with Gasteiger partial charge in [-0.1, -0.05) is 6.92 Å². The van der Waals surface area contributed by atoms with Gasteiger partial charge in [0, 0.05) is 22.5 Å². The predicted octanol–water partition coefficient (Wildman–Crippen LogP) is 0.865. The van der Waals surface area contributed by atoms with Crippen LogP contribution >= 0.6 is 0 Å². The second-order valence-electron chi connectivity index (χ2n) is 4.43. The van der Waals surface area contributed by atoms with Crippen molar-refractivity contribution >= 4 is 17.4 Å². The highest BCUT2D eigenvalue weighted by atomic mass is 16.1. The smallest absolute Gasteiger partial charge is 0.251 e. The van der Waals surface area contributed by atoms with Crippen LogP contribution < -0.4 is 11.5 Å². The van der Waals surface area contributed by atoms with Crippen LogP contribution in [0.25, 0.3) is 11.3 Å². The fraction of sp³-hybridized carbons (Fsp3) is 0.154. The minimum absolute atomic E-state index is 0.0857. The predicted molar refractivity (Wildman–Crippen MR) is 69.8 cm³/mol. The van der Waals surface area contributed by atoms with E-state index in [2.05, 4.69) is 10.2 Å². The van der Waals surface area contributed by atoms with Gasteiger partial charge in [0.25, 0.3) is 5.91 Å².